The lowest BCUT2D eigenvalue weighted by atomic mass is 10.3. The van der Waals surface area contributed by atoms with Crippen molar-refractivity contribution >= 4 is 22.5 Å². The molecular weight excluding hydrogens is 300 g/mol. The van der Waals surface area contributed by atoms with Crippen molar-refractivity contribution < 1.29 is 17.6 Å². The first-order chi connectivity index (χ1) is 10.3. The number of rotatable bonds is 2. The number of halogens is 4. The molecule has 8 heteroatoms. The topological polar surface area (TPSA) is 53.6 Å². The first-order valence-electron chi connectivity index (χ1n) is 6.30. The van der Waals surface area contributed by atoms with E-state index >= 15 is 0 Å². The van der Waals surface area contributed by atoms with Crippen molar-refractivity contribution in [3.63, 3.8) is 0 Å². The van der Waals surface area contributed by atoms with E-state index in [4.69, 9.17) is 0 Å². The molecule has 1 aromatic carbocycles. The zero-order chi connectivity index (χ0) is 15.9. The number of H-pyrrole nitrogens is 1. The molecule has 3 rings (SSSR count). The van der Waals surface area contributed by atoms with Gasteiger partial charge in [-0.05, 0) is 37.3 Å². The summed E-state index contributed by atoms with van der Waals surface area (Å²) in [5, 5.41) is 3.19. The summed E-state index contributed by atoms with van der Waals surface area (Å²) in [6.07, 6.45) is -4.66. The second-order valence-corrected chi connectivity index (χ2v) is 4.74. The number of nitrogens with one attached hydrogen (secondary N) is 2. The summed E-state index contributed by atoms with van der Waals surface area (Å²) in [6.45, 7) is 1.70. The van der Waals surface area contributed by atoms with Crippen LogP contribution < -0.4 is 5.32 Å². The van der Waals surface area contributed by atoms with Gasteiger partial charge in [0.15, 0.2) is 0 Å². The number of aryl methyl sites for hydroxylation is 1. The SMILES string of the molecule is Cc1cc2c(Nc3ccc(F)cc3)nc(C(F)(F)F)nc2[nH]1. The summed E-state index contributed by atoms with van der Waals surface area (Å²) in [5.74, 6) is -1.67. The highest BCUT2D eigenvalue weighted by Crippen LogP contribution is 2.31. The molecular formula is C14H10F4N4. The predicted octanol–water partition coefficient (Wildman–Crippen LogP) is 4.17. The molecule has 0 aliphatic carbocycles. The molecule has 0 amide bonds. The van der Waals surface area contributed by atoms with Crippen LogP contribution in [0.5, 0.6) is 0 Å². The van der Waals surface area contributed by atoms with Gasteiger partial charge in [0.1, 0.15) is 17.3 Å². The maximum Gasteiger partial charge on any atom is 0.451 e. The fourth-order valence-electron chi connectivity index (χ4n) is 2.03. The van der Waals surface area contributed by atoms with Crippen LogP contribution in [0.2, 0.25) is 0 Å². The number of fused-ring (bicyclic) bond motifs is 1. The lowest BCUT2D eigenvalue weighted by molar-refractivity contribution is -0.144. The van der Waals surface area contributed by atoms with Gasteiger partial charge >= 0.3 is 6.18 Å². The Morgan fingerprint density at radius 1 is 1.09 bits per heavy atom. The number of nitrogens with zero attached hydrogens (tertiary/aromatic N) is 2. The Hall–Kier alpha value is -2.64. The molecule has 0 saturated heterocycles. The number of alkyl halides is 3. The molecule has 3 aromatic rings. The highest BCUT2D eigenvalue weighted by atomic mass is 19.4. The van der Waals surface area contributed by atoms with Crippen LogP contribution in [0.15, 0.2) is 30.3 Å². The van der Waals surface area contributed by atoms with Crippen LogP contribution in [-0.4, -0.2) is 15.0 Å². The van der Waals surface area contributed by atoms with Crippen molar-refractivity contribution in [2.75, 3.05) is 5.32 Å². The van der Waals surface area contributed by atoms with Crippen LogP contribution in [0.1, 0.15) is 11.5 Å². The van der Waals surface area contributed by atoms with E-state index in [0.29, 0.717) is 16.8 Å². The molecule has 0 fully saturated rings. The average Bonchev–Trinajstić information content (AvgIpc) is 2.81. The molecule has 0 spiro atoms. The molecule has 0 aliphatic rings. The summed E-state index contributed by atoms with van der Waals surface area (Å²) >= 11 is 0. The first-order valence-corrected chi connectivity index (χ1v) is 6.30. The van der Waals surface area contributed by atoms with Crippen molar-refractivity contribution in [1.82, 2.24) is 15.0 Å². The van der Waals surface area contributed by atoms with Gasteiger partial charge in [0.05, 0.1) is 5.39 Å². The van der Waals surface area contributed by atoms with Gasteiger partial charge in [-0.25, -0.2) is 14.4 Å². The van der Waals surface area contributed by atoms with E-state index in [2.05, 4.69) is 20.3 Å². The van der Waals surface area contributed by atoms with Crippen LogP contribution in [0, 0.1) is 12.7 Å². The lowest BCUT2D eigenvalue weighted by Gasteiger charge is -2.10. The van der Waals surface area contributed by atoms with Crippen LogP contribution in [0.3, 0.4) is 0 Å². The molecule has 2 N–H and O–H groups in total. The third-order valence-electron chi connectivity index (χ3n) is 2.98. The molecule has 4 nitrogen and oxygen atoms in total. The number of anilines is 2. The Labute approximate surface area is 122 Å². The van der Waals surface area contributed by atoms with Gasteiger partial charge in [0.25, 0.3) is 0 Å². The molecule has 0 radical (unpaired) electrons. The van der Waals surface area contributed by atoms with Crippen molar-refractivity contribution in [3.05, 3.63) is 47.7 Å². The fourth-order valence-corrected chi connectivity index (χ4v) is 2.03. The number of aromatic amines is 1. The summed E-state index contributed by atoms with van der Waals surface area (Å²) in [6, 6.07) is 6.87. The smallest absolute Gasteiger partial charge is 0.343 e. The fraction of sp³-hybridized carbons (Fsp3) is 0.143. The quantitative estimate of drug-likeness (QED) is 0.699. The molecule has 114 valence electrons. The van der Waals surface area contributed by atoms with Crippen molar-refractivity contribution in [2.24, 2.45) is 0 Å². The van der Waals surface area contributed by atoms with Crippen LogP contribution in [-0.2, 0) is 6.18 Å². The van der Waals surface area contributed by atoms with Crippen LogP contribution in [0.25, 0.3) is 11.0 Å². The van der Waals surface area contributed by atoms with E-state index in [1.165, 1.54) is 24.3 Å². The van der Waals surface area contributed by atoms with E-state index in [9.17, 15) is 17.6 Å². The average molecular weight is 310 g/mol. The Balaban J connectivity index is 2.11. The van der Waals surface area contributed by atoms with Gasteiger partial charge in [0, 0.05) is 11.4 Å². The number of hydrogen-bond donors (Lipinski definition) is 2. The third kappa shape index (κ3) is 2.72. The number of aromatic nitrogens is 3. The van der Waals surface area contributed by atoms with Gasteiger partial charge < -0.3 is 10.3 Å². The van der Waals surface area contributed by atoms with Gasteiger partial charge in [-0.3, -0.25) is 0 Å². The second-order valence-electron chi connectivity index (χ2n) is 4.74. The maximum atomic E-state index is 12.9. The Morgan fingerprint density at radius 3 is 2.41 bits per heavy atom. The van der Waals surface area contributed by atoms with Crippen molar-refractivity contribution in [3.8, 4) is 0 Å². The molecule has 2 aromatic heterocycles. The Morgan fingerprint density at radius 2 is 1.77 bits per heavy atom. The maximum absolute atomic E-state index is 12.9. The Kier molecular flexibility index (Phi) is 3.23. The van der Waals surface area contributed by atoms with Gasteiger partial charge in [-0.15, -0.1) is 0 Å². The van der Waals surface area contributed by atoms with Crippen molar-refractivity contribution in [2.45, 2.75) is 13.1 Å². The monoisotopic (exact) mass is 310 g/mol. The molecule has 0 bridgehead atoms. The van der Waals surface area contributed by atoms with Gasteiger partial charge in [-0.2, -0.15) is 13.2 Å². The van der Waals surface area contributed by atoms with E-state index in [1.807, 2.05) is 0 Å². The normalized spacial score (nSPS) is 11.9. The predicted molar refractivity (Wildman–Crippen MR) is 73.3 cm³/mol. The summed E-state index contributed by atoms with van der Waals surface area (Å²) in [4.78, 5) is 9.79. The minimum atomic E-state index is -4.66. The highest BCUT2D eigenvalue weighted by Gasteiger charge is 2.35. The highest BCUT2D eigenvalue weighted by molar-refractivity contribution is 5.89. The molecule has 0 saturated carbocycles. The lowest BCUT2D eigenvalue weighted by Crippen LogP contribution is -2.12. The van der Waals surface area contributed by atoms with Gasteiger partial charge in [0.2, 0.25) is 5.82 Å². The minimum Gasteiger partial charge on any atom is -0.343 e. The summed E-state index contributed by atoms with van der Waals surface area (Å²) < 4.78 is 51.5. The summed E-state index contributed by atoms with van der Waals surface area (Å²) in [7, 11) is 0. The standard InChI is InChI=1S/C14H10F4N4/c1-7-6-10-11(19-7)21-13(14(16,17)18)22-12(10)20-9-4-2-8(15)3-5-9/h2-6H,1H3,(H2,19,20,21,22). The molecule has 2 heterocycles. The molecule has 0 unspecified atom stereocenters. The van der Waals surface area contributed by atoms with Crippen molar-refractivity contribution in [1.29, 1.82) is 0 Å². The number of benzene rings is 1. The van der Waals surface area contributed by atoms with Crippen LogP contribution in [0.4, 0.5) is 29.1 Å². The first kappa shape index (κ1) is 14.3. The van der Waals surface area contributed by atoms with E-state index in [0.717, 1.165) is 0 Å². The van der Waals surface area contributed by atoms with E-state index in [1.54, 1.807) is 13.0 Å². The zero-order valence-electron chi connectivity index (χ0n) is 11.3. The third-order valence-corrected chi connectivity index (χ3v) is 2.98. The molecule has 22 heavy (non-hydrogen) atoms. The molecule has 0 aliphatic heterocycles. The zero-order valence-corrected chi connectivity index (χ0v) is 11.3. The van der Waals surface area contributed by atoms with Gasteiger partial charge in [-0.1, -0.05) is 0 Å². The summed E-state index contributed by atoms with van der Waals surface area (Å²) in [5.41, 5.74) is 1.17. The molecule has 0 atom stereocenters. The van der Waals surface area contributed by atoms with Crippen LogP contribution >= 0.6 is 0 Å². The second kappa shape index (κ2) is 4.97. The largest absolute Gasteiger partial charge is 0.451 e. The minimum absolute atomic E-state index is 0.00767. The van der Waals surface area contributed by atoms with E-state index in [-0.39, 0.29) is 11.5 Å². The Bertz CT molecular complexity index is 821. The number of hydrogen-bond acceptors (Lipinski definition) is 3. The van der Waals surface area contributed by atoms with E-state index < -0.39 is 17.8 Å².